The van der Waals surface area contributed by atoms with Crippen LogP contribution < -0.4 is 9.47 Å². The second-order valence-corrected chi connectivity index (χ2v) is 9.06. The first-order valence-corrected chi connectivity index (χ1v) is 10.4. The van der Waals surface area contributed by atoms with E-state index in [0.29, 0.717) is 11.5 Å². The summed E-state index contributed by atoms with van der Waals surface area (Å²) in [6.07, 6.45) is -1.23. The molecule has 1 N–H and O–H groups in total. The normalized spacial score (nSPS) is 21.5. The maximum absolute atomic E-state index is 13.4. The molecule has 1 unspecified atom stereocenters. The maximum atomic E-state index is 13.4. The Morgan fingerprint density at radius 2 is 1.35 bits per heavy atom. The smallest absolute Gasteiger partial charge is 0.253 e. The van der Waals surface area contributed by atoms with E-state index in [1.54, 1.807) is 26.0 Å². The van der Waals surface area contributed by atoms with Crippen LogP contribution in [0.1, 0.15) is 44.9 Å². The largest absolute Gasteiger partial charge is 0.497 e. The number of amides is 1. The van der Waals surface area contributed by atoms with Crippen LogP contribution in [0.25, 0.3) is 0 Å². The van der Waals surface area contributed by atoms with Crippen LogP contribution in [-0.2, 0) is 9.59 Å². The molecule has 3 atom stereocenters. The number of methoxy groups -OCH3 is 2. The molecule has 0 aliphatic carbocycles. The maximum Gasteiger partial charge on any atom is 0.253 e. The van der Waals surface area contributed by atoms with Crippen molar-refractivity contribution in [2.45, 2.75) is 45.9 Å². The van der Waals surface area contributed by atoms with Crippen molar-refractivity contribution in [1.82, 2.24) is 4.90 Å². The molecule has 3 rings (SSSR count). The lowest BCUT2D eigenvalue weighted by molar-refractivity contribution is -0.142. The molecule has 1 aliphatic rings. The number of carbonyl (C=O) groups is 2. The van der Waals surface area contributed by atoms with Gasteiger partial charge >= 0.3 is 0 Å². The van der Waals surface area contributed by atoms with Crippen molar-refractivity contribution in [3.8, 4) is 11.5 Å². The molecule has 2 aromatic rings. The predicted octanol–water partition coefficient (Wildman–Crippen LogP) is 3.62. The molecule has 0 radical (unpaired) electrons. The highest BCUT2D eigenvalue weighted by Gasteiger charge is 2.53. The number of likely N-dealkylation sites (tertiary alicyclic amines) is 1. The number of carbonyl (C=O) groups excluding carboxylic acids is 2. The minimum absolute atomic E-state index is 0.0723. The number of Topliss-reactive ketones (excluding diaryl/α,β-unsaturated/α-hetero) is 1. The Bertz CT molecular complexity index is 882. The van der Waals surface area contributed by atoms with Gasteiger partial charge in [-0.15, -0.1) is 0 Å². The van der Waals surface area contributed by atoms with Gasteiger partial charge in [-0.25, -0.2) is 0 Å². The van der Waals surface area contributed by atoms with Gasteiger partial charge in [-0.1, -0.05) is 52.0 Å². The predicted molar refractivity (Wildman–Crippen MR) is 118 cm³/mol. The summed E-state index contributed by atoms with van der Waals surface area (Å²) >= 11 is 0. The van der Waals surface area contributed by atoms with Gasteiger partial charge in [-0.05, 0) is 35.4 Å². The Labute approximate surface area is 183 Å². The average Bonchev–Trinajstić information content (AvgIpc) is 2.97. The Morgan fingerprint density at radius 3 is 1.71 bits per heavy atom. The lowest BCUT2D eigenvalue weighted by Gasteiger charge is -2.37. The van der Waals surface area contributed by atoms with E-state index in [-0.39, 0.29) is 5.78 Å². The molecule has 31 heavy (non-hydrogen) atoms. The molecule has 1 heterocycles. The van der Waals surface area contributed by atoms with Crippen LogP contribution in [0.5, 0.6) is 11.5 Å². The molecular weight excluding hydrogens is 394 g/mol. The fraction of sp³-hybridized carbons (Fsp3) is 0.440. The monoisotopic (exact) mass is 425 g/mol. The third kappa shape index (κ3) is 4.30. The van der Waals surface area contributed by atoms with Gasteiger partial charge in [0, 0.05) is 11.3 Å². The average molecular weight is 426 g/mol. The second-order valence-electron chi connectivity index (χ2n) is 9.06. The van der Waals surface area contributed by atoms with E-state index >= 15 is 0 Å². The molecule has 6 nitrogen and oxygen atoms in total. The number of ketones is 1. The van der Waals surface area contributed by atoms with Gasteiger partial charge < -0.3 is 19.5 Å². The first-order chi connectivity index (χ1) is 14.6. The molecule has 1 saturated heterocycles. The number of ether oxygens (including phenoxy) is 2. The highest BCUT2D eigenvalue weighted by molar-refractivity contribution is 5.97. The van der Waals surface area contributed by atoms with Crippen molar-refractivity contribution < 1.29 is 24.2 Å². The quantitative estimate of drug-likeness (QED) is 0.765. The lowest BCUT2D eigenvalue weighted by Crippen LogP contribution is -2.47. The minimum atomic E-state index is -1.23. The number of aliphatic hydroxyl groups is 1. The van der Waals surface area contributed by atoms with Crippen LogP contribution in [0.4, 0.5) is 0 Å². The summed E-state index contributed by atoms with van der Waals surface area (Å²) in [5, 5.41) is 10.6. The zero-order chi connectivity index (χ0) is 22.9. The van der Waals surface area contributed by atoms with Crippen LogP contribution in [-0.4, -0.2) is 48.1 Å². The Hall–Kier alpha value is -2.86. The van der Waals surface area contributed by atoms with E-state index in [1.807, 2.05) is 69.3 Å². The number of rotatable bonds is 6. The van der Waals surface area contributed by atoms with Gasteiger partial charge in [0.1, 0.15) is 17.6 Å². The first-order valence-electron chi connectivity index (χ1n) is 10.4. The Kier molecular flexibility index (Phi) is 6.41. The Morgan fingerprint density at radius 1 is 0.935 bits per heavy atom. The third-order valence-corrected chi connectivity index (χ3v) is 5.95. The Balaban J connectivity index is 2.17. The van der Waals surface area contributed by atoms with Crippen molar-refractivity contribution in [1.29, 1.82) is 0 Å². The molecule has 0 saturated carbocycles. The summed E-state index contributed by atoms with van der Waals surface area (Å²) in [5.74, 6) is 0.364. The van der Waals surface area contributed by atoms with Crippen LogP contribution >= 0.6 is 0 Å². The molecule has 1 fully saturated rings. The summed E-state index contributed by atoms with van der Waals surface area (Å²) in [5.41, 5.74) is 0.992. The van der Waals surface area contributed by atoms with Gasteiger partial charge in [0.05, 0.1) is 26.3 Å². The number of aliphatic hydroxyl groups excluding tert-OH is 1. The van der Waals surface area contributed by atoms with E-state index in [2.05, 4.69) is 0 Å². The molecule has 166 valence electrons. The number of benzene rings is 2. The van der Waals surface area contributed by atoms with Crippen LogP contribution in [0.3, 0.4) is 0 Å². The molecule has 2 aromatic carbocycles. The highest BCUT2D eigenvalue weighted by Crippen LogP contribution is 2.41. The SMILES string of the molecule is COc1ccc(C(c2ccc(OC)cc2)N2C(=O)[C@H](O)[C@H](C)C2C(=O)C(C)(C)C)cc1. The summed E-state index contributed by atoms with van der Waals surface area (Å²) < 4.78 is 10.6. The van der Waals surface area contributed by atoms with Crippen molar-refractivity contribution in [3.63, 3.8) is 0 Å². The molecule has 0 bridgehead atoms. The van der Waals surface area contributed by atoms with Crippen molar-refractivity contribution in [2.75, 3.05) is 14.2 Å². The topological polar surface area (TPSA) is 76.1 Å². The zero-order valence-electron chi connectivity index (χ0n) is 19.0. The number of hydrogen-bond donors (Lipinski definition) is 1. The molecule has 6 heteroatoms. The number of nitrogens with zero attached hydrogens (tertiary/aromatic N) is 1. The summed E-state index contributed by atoms with van der Waals surface area (Å²) in [7, 11) is 3.19. The van der Waals surface area contributed by atoms with Crippen molar-refractivity contribution in [2.24, 2.45) is 11.3 Å². The zero-order valence-corrected chi connectivity index (χ0v) is 19.0. The minimum Gasteiger partial charge on any atom is -0.497 e. The molecule has 0 aromatic heterocycles. The van der Waals surface area contributed by atoms with E-state index in [0.717, 1.165) is 11.1 Å². The second kappa shape index (κ2) is 8.71. The highest BCUT2D eigenvalue weighted by atomic mass is 16.5. The van der Waals surface area contributed by atoms with Crippen LogP contribution in [0.2, 0.25) is 0 Å². The van der Waals surface area contributed by atoms with Crippen molar-refractivity contribution >= 4 is 11.7 Å². The van der Waals surface area contributed by atoms with Gasteiger partial charge in [-0.2, -0.15) is 0 Å². The van der Waals surface area contributed by atoms with Crippen LogP contribution in [0.15, 0.2) is 48.5 Å². The number of hydrogen-bond acceptors (Lipinski definition) is 5. The standard InChI is InChI=1S/C25H31NO5/c1-15-20(23(28)25(2,3)4)26(24(29)22(15)27)21(16-7-11-18(30-5)12-8-16)17-9-13-19(31-6)14-10-17/h7-15,20-22,27H,1-6H3/t15-,20?,22-/m1/s1. The molecule has 1 amide bonds. The molecule has 1 aliphatic heterocycles. The van der Waals surface area contributed by atoms with E-state index in [1.165, 1.54) is 0 Å². The fourth-order valence-electron chi connectivity index (χ4n) is 4.12. The summed E-state index contributed by atoms with van der Waals surface area (Å²) in [6, 6.07) is 13.6. The van der Waals surface area contributed by atoms with Gasteiger partial charge in [0.15, 0.2) is 5.78 Å². The third-order valence-electron chi connectivity index (χ3n) is 5.95. The molecule has 0 spiro atoms. The first kappa shape index (κ1) is 22.8. The molecular formula is C25H31NO5. The fourth-order valence-corrected chi connectivity index (χ4v) is 4.12. The van der Waals surface area contributed by atoms with E-state index < -0.39 is 35.4 Å². The van der Waals surface area contributed by atoms with Crippen molar-refractivity contribution in [3.05, 3.63) is 59.7 Å². The summed E-state index contributed by atoms with van der Waals surface area (Å²) in [4.78, 5) is 28.2. The lowest BCUT2D eigenvalue weighted by atomic mass is 9.81. The van der Waals surface area contributed by atoms with Crippen LogP contribution in [0, 0.1) is 11.3 Å². The van der Waals surface area contributed by atoms with Gasteiger partial charge in [0.2, 0.25) is 0 Å². The van der Waals surface area contributed by atoms with E-state index in [9.17, 15) is 14.7 Å². The van der Waals surface area contributed by atoms with Gasteiger partial charge in [0.25, 0.3) is 5.91 Å². The van der Waals surface area contributed by atoms with E-state index in [4.69, 9.17) is 9.47 Å². The summed E-state index contributed by atoms with van der Waals surface area (Å²) in [6.45, 7) is 7.28. The van der Waals surface area contributed by atoms with Gasteiger partial charge in [-0.3, -0.25) is 9.59 Å².